The summed E-state index contributed by atoms with van der Waals surface area (Å²) in [7, 11) is 0. The van der Waals surface area contributed by atoms with Crippen LogP contribution in [0.1, 0.15) is 76.9 Å². The molecule has 40 heavy (non-hydrogen) atoms. The summed E-state index contributed by atoms with van der Waals surface area (Å²) in [6.07, 6.45) is 16.0. The third kappa shape index (κ3) is 11.4. The molecule has 0 radical (unpaired) electrons. The topological polar surface area (TPSA) is 92.2 Å². The van der Waals surface area contributed by atoms with Crippen LogP contribution in [0.4, 0.5) is 0 Å². The fourth-order valence-electron chi connectivity index (χ4n) is 4.11. The fourth-order valence-corrected chi connectivity index (χ4v) is 4.11. The summed E-state index contributed by atoms with van der Waals surface area (Å²) in [5.41, 5.74) is 4.76. The zero-order chi connectivity index (χ0) is 29.5. The number of benzene rings is 1. The lowest BCUT2D eigenvalue weighted by Crippen LogP contribution is -2.35. The molecular weight excluding hydrogens is 498 g/mol. The van der Waals surface area contributed by atoms with Crippen LogP contribution in [0.15, 0.2) is 79.4 Å². The molecule has 6 nitrogen and oxygen atoms in total. The van der Waals surface area contributed by atoms with E-state index in [1.54, 1.807) is 18.2 Å². The molecule has 0 bridgehead atoms. The first-order valence-electron chi connectivity index (χ1n) is 13.8. The average Bonchev–Trinajstić information content (AvgIpc) is 2.92. The number of carbonyl (C=O) groups is 2. The lowest BCUT2D eigenvalue weighted by atomic mass is 9.87. The van der Waals surface area contributed by atoms with E-state index in [2.05, 4.69) is 39.2 Å². The number of unbranched alkanes of at least 4 members (excludes halogenated alkanes) is 1. The molecule has 1 aromatic heterocycles. The van der Waals surface area contributed by atoms with Crippen LogP contribution in [0.25, 0.3) is 23.4 Å². The number of rotatable bonds is 15. The van der Waals surface area contributed by atoms with Crippen molar-refractivity contribution in [3.05, 3.63) is 96.5 Å². The van der Waals surface area contributed by atoms with Crippen LogP contribution in [0.5, 0.6) is 0 Å². The molecule has 0 spiro atoms. The van der Waals surface area contributed by atoms with E-state index in [0.717, 1.165) is 35.4 Å². The molecule has 212 valence electrons. The number of carboxylic acids is 1. The molecule has 2 rings (SSSR count). The Morgan fingerprint density at radius 2 is 1.77 bits per heavy atom. The Morgan fingerprint density at radius 3 is 2.40 bits per heavy atom. The number of hydrogen-bond donors (Lipinski definition) is 2. The number of allylic oxidation sites excluding steroid dienone is 4. The minimum Gasteiger partial charge on any atom is -0.481 e. The smallest absolute Gasteiger partial charge is 0.303 e. The van der Waals surface area contributed by atoms with Crippen LogP contribution in [0.2, 0.25) is 0 Å². The van der Waals surface area contributed by atoms with Crippen molar-refractivity contribution < 1.29 is 14.7 Å². The molecule has 6 heteroatoms. The fraction of sp³-hybridized carbons (Fsp3) is 0.353. The minimum absolute atomic E-state index is 0.110. The predicted molar refractivity (Wildman–Crippen MR) is 165 cm³/mol. The molecule has 2 N–H and O–H groups in total. The summed E-state index contributed by atoms with van der Waals surface area (Å²) < 4.78 is 0. The van der Waals surface area contributed by atoms with E-state index in [-0.39, 0.29) is 23.8 Å². The van der Waals surface area contributed by atoms with Gasteiger partial charge in [0.25, 0.3) is 0 Å². The molecule has 0 aliphatic heterocycles. The second kappa shape index (κ2) is 16.1. The van der Waals surface area contributed by atoms with E-state index in [1.807, 2.05) is 55.5 Å². The zero-order valence-corrected chi connectivity index (χ0v) is 24.3. The normalized spacial score (nSPS) is 12.9. The monoisotopic (exact) mass is 541 g/mol. The minimum atomic E-state index is -0.811. The molecule has 1 amide bonds. The van der Waals surface area contributed by atoms with Crippen LogP contribution in [0, 0.1) is 5.41 Å². The predicted octanol–water partition coefficient (Wildman–Crippen LogP) is 7.60. The number of carbonyl (C=O) groups excluding carboxylic acids is 1. The molecule has 1 aromatic carbocycles. The number of nitrogens with zero attached hydrogens (tertiary/aromatic N) is 2. The average molecular weight is 542 g/mol. The maximum absolute atomic E-state index is 13.0. The van der Waals surface area contributed by atoms with Crippen molar-refractivity contribution >= 4 is 24.0 Å². The second-order valence-electron chi connectivity index (χ2n) is 11.0. The Morgan fingerprint density at radius 1 is 1.05 bits per heavy atom. The van der Waals surface area contributed by atoms with Crippen molar-refractivity contribution in [2.75, 3.05) is 0 Å². The lowest BCUT2D eigenvalue weighted by Gasteiger charge is -2.24. The molecule has 1 unspecified atom stereocenters. The molecule has 0 saturated carbocycles. The largest absolute Gasteiger partial charge is 0.481 e. The highest BCUT2D eigenvalue weighted by atomic mass is 16.4. The SMILES string of the molecule is C=C/C=C\C=C(/C)C(CCC(C)(C)C)NC(=O)/C=C/c1nc(CCCCC(=O)O)c(-c2ccccc2)nc1C=C. The first-order valence-corrected chi connectivity index (χ1v) is 13.8. The Labute approximate surface area is 239 Å². The number of aryl methyl sites for hydroxylation is 1. The summed E-state index contributed by atoms with van der Waals surface area (Å²) in [4.78, 5) is 33.7. The van der Waals surface area contributed by atoms with E-state index in [9.17, 15) is 9.59 Å². The van der Waals surface area contributed by atoms with Crippen molar-refractivity contribution in [3.8, 4) is 11.3 Å². The van der Waals surface area contributed by atoms with Crippen molar-refractivity contribution in [2.45, 2.75) is 72.3 Å². The third-order valence-electron chi connectivity index (χ3n) is 6.37. The molecular formula is C34H43N3O3. The van der Waals surface area contributed by atoms with Gasteiger partial charge in [0.05, 0.1) is 28.8 Å². The summed E-state index contributed by atoms with van der Waals surface area (Å²) >= 11 is 0. The van der Waals surface area contributed by atoms with E-state index in [1.165, 1.54) is 6.08 Å². The van der Waals surface area contributed by atoms with Gasteiger partial charge in [-0.1, -0.05) is 94.1 Å². The van der Waals surface area contributed by atoms with Crippen molar-refractivity contribution in [2.24, 2.45) is 5.41 Å². The standard InChI is InChI=1S/C34H43N3O3/c1-7-9-11-16-25(3)28(23-24-34(4,5)6)36-31(38)22-21-29-27(8-2)37-33(26-17-12-10-13-18-26)30(35-29)19-14-15-20-32(39)40/h7-13,16-18,21-22,28H,1-2,14-15,19-20,23-24H2,3-6H3,(H,36,38)(H,39,40)/b11-9-,22-21+,25-16+. The van der Waals surface area contributed by atoms with Gasteiger partial charge in [0.1, 0.15) is 0 Å². The van der Waals surface area contributed by atoms with E-state index in [4.69, 9.17) is 15.1 Å². The lowest BCUT2D eigenvalue weighted by molar-refractivity contribution is -0.137. The number of amides is 1. The Hall–Kier alpha value is -4.06. The van der Waals surface area contributed by atoms with Gasteiger partial charge in [-0.05, 0) is 56.6 Å². The maximum atomic E-state index is 13.0. The summed E-state index contributed by atoms with van der Waals surface area (Å²) in [5.74, 6) is -1.03. The van der Waals surface area contributed by atoms with Gasteiger partial charge in [-0.3, -0.25) is 9.59 Å². The quantitative estimate of drug-likeness (QED) is 0.138. The first kappa shape index (κ1) is 32.2. The number of aromatic nitrogens is 2. The van der Waals surface area contributed by atoms with E-state index >= 15 is 0 Å². The molecule has 0 aliphatic rings. The number of nitrogens with one attached hydrogen (secondary N) is 1. The van der Waals surface area contributed by atoms with Gasteiger partial charge in [0, 0.05) is 18.1 Å². The van der Waals surface area contributed by atoms with Gasteiger partial charge in [-0.2, -0.15) is 0 Å². The van der Waals surface area contributed by atoms with Crippen molar-refractivity contribution in [1.29, 1.82) is 0 Å². The van der Waals surface area contributed by atoms with Gasteiger partial charge in [-0.15, -0.1) is 0 Å². The van der Waals surface area contributed by atoms with Crippen LogP contribution >= 0.6 is 0 Å². The number of carboxylic acid groups (broad SMARTS) is 1. The highest BCUT2D eigenvalue weighted by molar-refractivity contribution is 5.92. The van der Waals surface area contributed by atoms with Crippen molar-refractivity contribution in [3.63, 3.8) is 0 Å². The Balaban J connectivity index is 2.33. The van der Waals surface area contributed by atoms with Gasteiger partial charge in [-0.25, -0.2) is 9.97 Å². The summed E-state index contributed by atoms with van der Waals surface area (Å²) in [5, 5.41) is 12.1. The molecule has 2 aromatic rings. The molecule has 0 fully saturated rings. The first-order chi connectivity index (χ1) is 19.0. The maximum Gasteiger partial charge on any atom is 0.303 e. The van der Waals surface area contributed by atoms with Crippen LogP contribution in [-0.4, -0.2) is 33.0 Å². The van der Waals surface area contributed by atoms with E-state index < -0.39 is 5.97 Å². The van der Waals surface area contributed by atoms with Gasteiger partial charge >= 0.3 is 5.97 Å². The van der Waals surface area contributed by atoms with Crippen LogP contribution in [-0.2, 0) is 16.0 Å². The second-order valence-corrected chi connectivity index (χ2v) is 11.0. The van der Waals surface area contributed by atoms with E-state index in [0.29, 0.717) is 30.7 Å². The Bertz CT molecular complexity index is 1250. The van der Waals surface area contributed by atoms with Crippen LogP contribution in [0.3, 0.4) is 0 Å². The highest BCUT2D eigenvalue weighted by Crippen LogP contribution is 2.25. The van der Waals surface area contributed by atoms with Gasteiger partial charge in [0.15, 0.2) is 0 Å². The summed E-state index contributed by atoms with van der Waals surface area (Å²) in [6, 6.07) is 9.65. The molecule has 0 aliphatic carbocycles. The number of aliphatic carboxylic acids is 1. The summed E-state index contributed by atoms with van der Waals surface area (Å²) in [6.45, 7) is 16.2. The Kier molecular flexibility index (Phi) is 13.0. The molecule has 0 saturated heterocycles. The molecule has 1 atom stereocenters. The highest BCUT2D eigenvalue weighted by Gasteiger charge is 2.18. The third-order valence-corrected chi connectivity index (χ3v) is 6.37. The van der Waals surface area contributed by atoms with Gasteiger partial charge < -0.3 is 10.4 Å². The number of hydrogen-bond acceptors (Lipinski definition) is 4. The van der Waals surface area contributed by atoms with Crippen molar-refractivity contribution in [1.82, 2.24) is 15.3 Å². The van der Waals surface area contributed by atoms with Crippen LogP contribution < -0.4 is 5.32 Å². The zero-order valence-electron chi connectivity index (χ0n) is 24.3. The van der Waals surface area contributed by atoms with Gasteiger partial charge in [0.2, 0.25) is 5.91 Å². The molecule has 1 heterocycles.